The van der Waals surface area contributed by atoms with Gasteiger partial charge in [0.15, 0.2) is 0 Å². The molecular formula is C20H24N6. The highest BCUT2D eigenvalue weighted by Crippen LogP contribution is 2.28. The summed E-state index contributed by atoms with van der Waals surface area (Å²) in [6.45, 7) is 6.21. The van der Waals surface area contributed by atoms with Crippen LogP contribution in [0.3, 0.4) is 0 Å². The Morgan fingerprint density at radius 1 is 1.04 bits per heavy atom. The van der Waals surface area contributed by atoms with E-state index in [4.69, 9.17) is 4.98 Å². The SMILES string of the molecule is CC(C)c1nccn1-c1cccc([C@@H]2CCCN(c3ncccn3)C2)n1. The van der Waals surface area contributed by atoms with Crippen molar-refractivity contribution in [1.29, 1.82) is 0 Å². The second kappa shape index (κ2) is 7.23. The lowest BCUT2D eigenvalue weighted by molar-refractivity contribution is 0.494. The Morgan fingerprint density at radius 3 is 2.69 bits per heavy atom. The molecule has 0 N–H and O–H groups in total. The number of hydrogen-bond acceptors (Lipinski definition) is 5. The Balaban J connectivity index is 1.59. The summed E-state index contributed by atoms with van der Waals surface area (Å²) < 4.78 is 2.09. The minimum Gasteiger partial charge on any atom is -0.340 e. The van der Waals surface area contributed by atoms with Crippen molar-refractivity contribution in [3.63, 3.8) is 0 Å². The van der Waals surface area contributed by atoms with Crippen molar-refractivity contribution in [2.24, 2.45) is 0 Å². The van der Waals surface area contributed by atoms with E-state index in [0.29, 0.717) is 11.8 Å². The topological polar surface area (TPSA) is 59.7 Å². The average molecular weight is 348 g/mol. The molecule has 1 fully saturated rings. The van der Waals surface area contributed by atoms with Crippen molar-refractivity contribution in [3.8, 4) is 5.82 Å². The number of rotatable bonds is 4. The maximum Gasteiger partial charge on any atom is 0.225 e. The zero-order chi connectivity index (χ0) is 17.9. The molecule has 1 aliphatic rings. The van der Waals surface area contributed by atoms with Crippen molar-refractivity contribution in [2.45, 2.75) is 38.5 Å². The van der Waals surface area contributed by atoms with Gasteiger partial charge in [0.05, 0.1) is 0 Å². The predicted molar refractivity (Wildman–Crippen MR) is 102 cm³/mol. The fourth-order valence-electron chi connectivity index (χ4n) is 3.59. The van der Waals surface area contributed by atoms with Gasteiger partial charge in [-0.05, 0) is 31.0 Å². The zero-order valence-electron chi connectivity index (χ0n) is 15.3. The predicted octanol–water partition coefficient (Wildman–Crippen LogP) is 3.56. The molecule has 1 saturated heterocycles. The van der Waals surface area contributed by atoms with Crippen LogP contribution < -0.4 is 4.90 Å². The van der Waals surface area contributed by atoms with E-state index in [-0.39, 0.29) is 0 Å². The standard InChI is InChI=1S/C20H24N6/c1-15(2)19-21-11-13-26(19)18-8-3-7-17(24-18)16-6-4-12-25(14-16)20-22-9-5-10-23-20/h3,5,7-11,13,15-16H,4,6,12,14H2,1-2H3/t16-/m1/s1. The van der Waals surface area contributed by atoms with E-state index in [1.807, 2.05) is 18.5 Å². The van der Waals surface area contributed by atoms with Crippen molar-refractivity contribution in [2.75, 3.05) is 18.0 Å². The molecular weight excluding hydrogens is 324 g/mol. The molecule has 0 amide bonds. The van der Waals surface area contributed by atoms with Gasteiger partial charge in [-0.2, -0.15) is 0 Å². The molecule has 0 aromatic carbocycles. The lowest BCUT2D eigenvalue weighted by Crippen LogP contribution is -2.35. The van der Waals surface area contributed by atoms with E-state index in [9.17, 15) is 0 Å². The molecule has 3 aromatic heterocycles. The van der Waals surface area contributed by atoms with Gasteiger partial charge >= 0.3 is 0 Å². The summed E-state index contributed by atoms with van der Waals surface area (Å²) in [6, 6.07) is 8.14. The van der Waals surface area contributed by atoms with Crippen LogP contribution in [0.1, 0.15) is 50.0 Å². The molecule has 0 saturated carbocycles. The molecule has 4 rings (SSSR count). The van der Waals surface area contributed by atoms with Gasteiger partial charge in [0.2, 0.25) is 5.95 Å². The summed E-state index contributed by atoms with van der Waals surface area (Å²) >= 11 is 0. The molecule has 0 bridgehead atoms. The van der Waals surface area contributed by atoms with Crippen molar-refractivity contribution >= 4 is 5.95 Å². The zero-order valence-corrected chi connectivity index (χ0v) is 15.3. The molecule has 0 aliphatic carbocycles. The summed E-state index contributed by atoms with van der Waals surface area (Å²) in [5.41, 5.74) is 1.13. The molecule has 3 aromatic rings. The third kappa shape index (κ3) is 3.31. The highest BCUT2D eigenvalue weighted by Gasteiger charge is 2.24. The summed E-state index contributed by atoms with van der Waals surface area (Å²) in [4.78, 5) is 20.5. The van der Waals surface area contributed by atoms with Crippen molar-refractivity contribution < 1.29 is 0 Å². The normalized spacial score (nSPS) is 17.7. The Labute approximate surface area is 154 Å². The van der Waals surface area contributed by atoms with Crippen LogP contribution in [0.4, 0.5) is 5.95 Å². The molecule has 1 aliphatic heterocycles. The summed E-state index contributed by atoms with van der Waals surface area (Å²) in [7, 11) is 0. The van der Waals surface area contributed by atoms with Crippen LogP contribution in [-0.2, 0) is 0 Å². The Kier molecular flexibility index (Phi) is 4.65. The van der Waals surface area contributed by atoms with E-state index < -0.39 is 0 Å². The van der Waals surface area contributed by atoms with Gasteiger partial charge in [0.1, 0.15) is 11.6 Å². The Hall–Kier alpha value is -2.76. The lowest BCUT2D eigenvalue weighted by Gasteiger charge is -2.32. The second-order valence-electron chi connectivity index (χ2n) is 7.06. The van der Waals surface area contributed by atoms with Gasteiger partial charge in [0.25, 0.3) is 0 Å². The molecule has 6 heteroatoms. The molecule has 4 heterocycles. The number of hydrogen-bond donors (Lipinski definition) is 0. The molecule has 0 unspecified atom stereocenters. The van der Waals surface area contributed by atoms with E-state index in [2.05, 4.69) is 56.5 Å². The van der Waals surface area contributed by atoms with Gasteiger partial charge in [-0.3, -0.25) is 4.57 Å². The van der Waals surface area contributed by atoms with Crippen molar-refractivity contribution in [3.05, 3.63) is 60.6 Å². The first-order valence-corrected chi connectivity index (χ1v) is 9.25. The third-order valence-corrected chi connectivity index (χ3v) is 4.86. The number of piperidine rings is 1. The van der Waals surface area contributed by atoms with E-state index >= 15 is 0 Å². The third-order valence-electron chi connectivity index (χ3n) is 4.86. The molecule has 0 spiro atoms. The van der Waals surface area contributed by atoms with Crippen LogP contribution in [0.15, 0.2) is 49.1 Å². The van der Waals surface area contributed by atoms with Gasteiger partial charge in [-0.1, -0.05) is 19.9 Å². The van der Waals surface area contributed by atoms with Gasteiger partial charge in [-0.15, -0.1) is 0 Å². The summed E-state index contributed by atoms with van der Waals surface area (Å²) in [5, 5.41) is 0. The average Bonchev–Trinajstić information content (AvgIpc) is 3.19. The van der Waals surface area contributed by atoms with Crippen LogP contribution in [0.2, 0.25) is 0 Å². The largest absolute Gasteiger partial charge is 0.340 e. The Bertz CT molecular complexity index is 858. The number of anilines is 1. The van der Waals surface area contributed by atoms with Gasteiger partial charge < -0.3 is 4.90 Å². The van der Waals surface area contributed by atoms with Crippen LogP contribution in [-0.4, -0.2) is 37.6 Å². The van der Waals surface area contributed by atoms with Crippen LogP contribution in [0.25, 0.3) is 5.82 Å². The van der Waals surface area contributed by atoms with Gasteiger partial charge in [-0.25, -0.2) is 19.9 Å². The van der Waals surface area contributed by atoms with Crippen molar-refractivity contribution in [1.82, 2.24) is 24.5 Å². The lowest BCUT2D eigenvalue weighted by atomic mass is 9.94. The van der Waals surface area contributed by atoms with E-state index in [1.54, 1.807) is 12.4 Å². The fraction of sp³-hybridized carbons (Fsp3) is 0.400. The van der Waals surface area contributed by atoms with Crippen LogP contribution >= 0.6 is 0 Å². The Morgan fingerprint density at radius 2 is 1.88 bits per heavy atom. The maximum atomic E-state index is 4.97. The van der Waals surface area contributed by atoms with Gasteiger partial charge in [0, 0.05) is 55.4 Å². The highest BCUT2D eigenvalue weighted by molar-refractivity contribution is 5.33. The second-order valence-corrected chi connectivity index (χ2v) is 7.06. The van der Waals surface area contributed by atoms with E-state index in [1.165, 1.54) is 0 Å². The minimum absolute atomic E-state index is 0.357. The molecule has 134 valence electrons. The number of pyridine rings is 1. The quantitative estimate of drug-likeness (QED) is 0.721. The summed E-state index contributed by atoms with van der Waals surface area (Å²) in [6.07, 6.45) is 9.71. The smallest absolute Gasteiger partial charge is 0.225 e. The minimum atomic E-state index is 0.357. The number of nitrogens with zero attached hydrogens (tertiary/aromatic N) is 6. The first-order chi connectivity index (χ1) is 12.7. The number of aromatic nitrogens is 5. The van der Waals surface area contributed by atoms with Crippen LogP contribution in [0, 0.1) is 0 Å². The first-order valence-electron chi connectivity index (χ1n) is 9.25. The first kappa shape index (κ1) is 16.7. The highest BCUT2D eigenvalue weighted by atomic mass is 15.3. The van der Waals surface area contributed by atoms with Crippen LogP contribution in [0.5, 0.6) is 0 Å². The van der Waals surface area contributed by atoms with E-state index in [0.717, 1.165) is 49.2 Å². The molecule has 0 radical (unpaired) electrons. The number of imidazole rings is 1. The molecule has 6 nitrogen and oxygen atoms in total. The maximum absolute atomic E-state index is 4.97. The monoisotopic (exact) mass is 348 g/mol. The fourth-order valence-corrected chi connectivity index (χ4v) is 3.59. The molecule has 1 atom stereocenters. The summed E-state index contributed by atoms with van der Waals surface area (Å²) in [5.74, 6) is 3.54. The molecule has 26 heavy (non-hydrogen) atoms.